The van der Waals surface area contributed by atoms with Gasteiger partial charge in [-0.3, -0.25) is 10.1 Å². The number of amides is 1. The van der Waals surface area contributed by atoms with Crippen molar-refractivity contribution in [2.24, 2.45) is 0 Å². The second-order valence-corrected chi connectivity index (χ2v) is 9.78. The molecule has 2 aromatic heterocycles. The number of benzene rings is 2. The van der Waals surface area contributed by atoms with E-state index < -0.39 is 15.9 Å². The third kappa shape index (κ3) is 4.15. The molecular formula is C23H22N4O6S. The molecule has 0 aliphatic carbocycles. The Morgan fingerprint density at radius 2 is 1.79 bits per heavy atom. The zero-order valence-electron chi connectivity index (χ0n) is 18.4. The number of methoxy groups -OCH3 is 1. The molecule has 0 saturated carbocycles. The average molecular weight is 483 g/mol. The first-order chi connectivity index (χ1) is 16.5. The minimum absolute atomic E-state index is 0.0940. The second-order valence-electron chi connectivity index (χ2n) is 7.84. The highest BCUT2D eigenvalue weighted by molar-refractivity contribution is 7.89. The van der Waals surface area contributed by atoms with E-state index in [4.69, 9.17) is 13.6 Å². The molecule has 0 atom stereocenters. The van der Waals surface area contributed by atoms with E-state index in [2.05, 4.69) is 15.5 Å². The number of nitrogens with zero attached hydrogens (tertiary/aromatic N) is 3. The normalized spacial score (nSPS) is 14.9. The summed E-state index contributed by atoms with van der Waals surface area (Å²) in [6.45, 7) is 1.03. The van der Waals surface area contributed by atoms with Crippen LogP contribution in [0.5, 0.6) is 5.75 Å². The highest BCUT2D eigenvalue weighted by Crippen LogP contribution is 2.33. The van der Waals surface area contributed by atoms with Crippen molar-refractivity contribution in [3.05, 3.63) is 54.1 Å². The SMILES string of the molecule is COc1cccc2cc(-c3nnc(NC(=O)c4ccc(S(=O)(=O)N5CCCCC5)cc4)o3)oc12. The molecule has 1 N–H and O–H groups in total. The number of hydrogen-bond donors (Lipinski definition) is 1. The van der Waals surface area contributed by atoms with Gasteiger partial charge in [0.25, 0.3) is 11.8 Å². The molecule has 5 rings (SSSR count). The van der Waals surface area contributed by atoms with Crippen molar-refractivity contribution in [3.8, 4) is 17.4 Å². The zero-order chi connectivity index (χ0) is 23.7. The van der Waals surface area contributed by atoms with Crippen molar-refractivity contribution in [3.63, 3.8) is 0 Å². The smallest absolute Gasteiger partial charge is 0.322 e. The second kappa shape index (κ2) is 8.92. The molecule has 34 heavy (non-hydrogen) atoms. The summed E-state index contributed by atoms with van der Waals surface area (Å²) in [7, 11) is -2.02. The van der Waals surface area contributed by atoms with E-state index >= 15 is 0 Å². The molecule has 0 radical (unpaired) electrons. The fourth-order valence-corrected chi connectivity index (χ4v) is 5.39. The summed E-state index contributed by atoms with van der Waals surface area (Å²) >= 11 is 0. The lowest BCUT2D eigenvalue weighted by molar-refractivity contribution is 0.102. The van der Waals surface area contributed by atoms with Crippen LogP contribution in [0.15, 0.2) is 62.3 Å². The lowest BCUT2D eigenvalue weighted by atomic mass is 10.2. The quantitative estimate of drug-likeness (QED) is 0.438. The topological polar surface area (TPSA) is 128 Å². The number of sulfonamides is 1. The van der Waals surface area contributed by atoms with E-state index in [1.54, 1.807) is 19.2 Å². The van der Waals surface area contributed by atoms with Gasteiger partial charge in [-0.05, 0) is 49.2 Å². The molecule has 176 valence electrons. The number of fused-ring (bicyclic) bond motifs is 1. The number of ether oxygens (including phenoxy) is 1. The van der Waals surface area contributed by atoms with Crippen LogP contribution in [0.1, 0.15) is 29.6 Å². The summed E-state index contributed by atoms with van der Waals surface area (Å²) in [5.74, 6) is 0.488. The van der Waals surface area contributed by atoms with Crippen LogP contribution < -0.4 is 10.1 Å². The lowest BCUT2D eigenvalue weighted by Gasteiger charge is -2.25. The van der Waals surface area contributed by atoms with E-state index in [-0.39, 0.29) is 22.4 Å². The van der Waals surface area contributed by atoms with Gasteiger partial charge in [-0.2, -0.15) is 4.31 Å². The number of hydrogen-bond acceptors (Lipinski definition) is 8. The molecule has 1 saturated heterocycles. The maximum absolute atomic E-state index is 12.8. The van der Waals surface area contributed by atoms with Gasteiger partial charge >= 0.3 is 6.01 Å². The van der Waals surface area contributed by atoms with E-state index in [1.165, 1.54) is 28.6 Å². The lowest BCUT2D eigenvalue weighted by Crippen LogP contribution is -2.35. The van der Waals surface area contributed by atoms with Crippen molar-refractivity contribution < 1.29 is 26.8 Å². The maximum atomic E-state index is 12.8. The third-order valence-electron chi connectivity index (χ3n) is 5.65. The number of furan rings is 1. The summed E-state index contributed by atoms with van der Waals surface area (Å²) < 4.78 is 43.6. The van der Waals surface area contributed by atoms with Gasteiger partial charge in [-0.15, -0.1) is 5.10 Å². The van der Waals surface area contributed by atoms with Gasteiger partial charge in [0.2, 0.25) is 10.0 Å². The van der Waals surface area contributed by atoms with Crippen LogP contribution in [0.3, 0.4) is 0 Å². The Morgan fingerprint density at radius 1 is 1.03 bits per heavy atom. The van der Waals surface area contributed by atoms with Crippen LogP contribution >= 0.6 is 0 Å². The average Bonchev–Trinajstić information content (AvgIpc) is 3.51. The molecule has 1 aliphatic rings. The summed E-state index contributed by atoms with van der Waals surface area (Å²) in [5, 5.41) is 11.1. The number of anilines is 1. The van der Waals surface area contributed by atoms with Gasteiger partial charge in [0.15, 0.2) is 17.1 Å². The Bertz CT molecular complexity index is 1440. The molecule has 1 aliphatic heterocycles. The first-order valence-electron chi connectivity index (χ1n) is 10.8. The van der Waals surface area contributed by atoms with Crippen molar-refractivity contribution >= 4 is 32.9 Å². The van der Waals surface area contributed by atoms with Crippen LogP contribution in [-0.4, -0.2) is 49.0 Å². The Balaban J connectivity index is 1.30. The molecule has 0 unspecified atom stereocenters. The van der Waals surface area contributed by atoms with Crippen molar-refractivity contribution in [2.45, 2.75) is 24.2 Å². The van der Waals surface area contributed by atoms with Crippen molar-refractivity contribution in [2.75, 3.05) is 25.5 Å². The zero-order valence-corrected chi connectivity index (χ0v) is 19.2. The number of carbonyl (C=O) groups excluding carboxylic acids is 1. The third-order valence-corrected chi connectivity index (χ3v) is 7.57. The summed E-state index contributed by atoms with van der Waals surface area (Å²) in [4.78, 5) is 12.8. The van der Waals surface area contributed by atoms with Crippen LogP contribution in [0.2, 0.25) is 0 Å². The summed E-state index contributed by atoms with van der Waals surface area (Å²) in [5.41, 5.74) is 0.800. The molecule has 2 aromatic carbocycles. The van der Waals surface area contributed by atoms with Crippen molar-refractivity contribution in [1.29, 1.82) is 0 Å². The van der Waals surface area contributed by atoms with Crippen LogP contribution in [0.25, 0.3) is 22.6 Å². The Hall–Kier alpha value is -3.70. The van der Waals surface area contributed by atoms with E-state index in [0.717, 1.165) is 24.6 Å². The van der Waals surface area contributed by atoms with E-state index in [1.807, 2.05) is 12.1 Å². The first-order valence-corrected chi connectivity index (χ1v) is 12.2. The maximum Gasteiger partial charge on any atom is 0.322 e. The summed E-state index contributed by atoms with van der Waals surface area (Å²) in [6, 6.07) is 12.9. The molecule has 3 heterocycles. The Morgan fingerprint density at radius 3 is 2.53 bits per heavy atom. The van der Waals surface area contributed by atoms with Gasteiger partial charge in [0.1, 0.15) is 0 Å². The summed E-state index contributed by atoms with van der Waals surface area (Å²) in [6.07, 6.45) is 2.74. The fourth-order valence-electron chi connectivity index (χ4n) is 3.88. The van der Waals surface area contributed by atoms with Crippen molar-refractivity contribution in [1.82, 2.24) is 14.5 Å². The number of aromatic nitrogens is 2. The first kappa shape index (κ1) is 22.1. The Labute approximate surface area is 195 Å². The van der Waals surface area contributed by atoms with E-state index in [9.17, 15) is 13.2 Å². The molecule has 0 bridgehead atoms. The van der Waals surface area contributed by atoms with Gasteiger partial charge in [-0.1, -0.05) is 23.7 Å². The molecule has 1 amide bonds. The molecular weight excluding hydrogens is 460 g/mol. The van der Waals surface area contributed by atoms with Gasteiger partial charge < -0.3 is 13.6 Å². The highest BCUT2D eigenvalue weighted by Gasteiger charge is 2.26. The van der Waals surface area contributed by atoms with Crippen LogP contribution in [0.4, 0.5) is 6.01 Å². The van der Waals surface area contributed by atoms with Gasteiger partial charge in [-0.25, -0.2) is 8.42 Å². The fraction of sp³-hybridized carbons (Fsp3) is 0.261. The molecule has 1 fully saturated rings. The molecule has 0 spiro atoms. The highest BCUT2D eigenvalue weighted by atomic mass is 32.2. The minimum Gasteiger partial charge on any atom is -0.493 e. The standard InChI is InChI=1S/C23H22N4O6S/c1-31-18-7-5-6-16-14-19(32-20(16)18)22-25-26-23(33-22)24-21(28)15-8-10-17(11-9-15)34(29,30)27-12-3-2-4-13-27/h5-11,14H,2-4,12-13H2,1H3,(H,24,26,28). The number of piperidine rings is 1. The number of para-hydroxylation sites is 1. The van der Waals surface area contributed by atoms with Gasteiger partial charge in [0.05, 0.1) is 12.0 Å². The molecule has 4 aromatic rings. The minimum atomic E-state index is -3.57. The van der Waals surface area contributed by atoms with E-state index in [0.29, 0.717) is 30.2 Å². The number of nitrogens with one attached hydrogen (secondary N) is 1. The predicted molar refractivity (Wildman–Crippen MR) is 123 cm³/mol. The molecule has 10 nitrogen and oxygen atoms in total. The monoisotopic (exact) mass is 482 g/mol. The predicted octanol–water partition coefficient (Wildman–Crippen LogP) is 3.92. The largest absolute Gasteiger partial charge is 0.493 e. The Kier molecular flexibility index (Phi) is 5.80. The van der Waals surface area contributed by atoms with Crippen LogP contribution in [0, 0.1) is 0 Å². The molecule has 11 heteroatoms. The van der Waals surface area contributed by atoms with Gasteiger partial charge in [0, 0.05) is 24.0 Å². The number of rotatable bonds is 6. The van der Waals surface area contributed by atoms with Crippen LogP contribution in [-0.2, 0) is 10.0 Å². The number of carbonyl (C=O) groups is 1.